The number of carbonyl (C=O) groups is 3. The van der Waals surface area contributed by atoms with Gasteiger partial charge < -0.3 is 5.32 Å². The standard InChI is InChI=1S/C25H21ClN2O3/c1-12-6-7-13(26)10-19(12)27-23(29)16-4-2-3-5-20(16)28-24(30)21-14-8-9-15(18-11-17(14)18)22(21)25(28)31/h2-10,14-15,17-18,21-22H,11H2,1H3,(H,27,29)/t14-,15+,17-,18-,21+,22+/m1/s1. The molecule has 1 saturated heterocycles. The number of nitrogens with zero attached hydrogens (tertiary/aromatic N) is 1. The number of amides is 3. The van der Waals surface area contributed by atoms with Crippen molar-refractivity contribution in [1.82, 2.24) is 0 Å². The molecule has 3 fully saturated rings. The molecule has 7 rings (SSSR count). The van der Waals surface area contributed by atoms with E-state index in [1.54, 1.807) is 36.4 Å². The van der Waals surface area contributed by atoms with Crippen molar-refractivity contribution in [2.24, 2.45) is 35.5 Å². The molecule has 6 atom stereocenters. The fourth-order valence-electron chi connectivity index (χ4n) is 5.97. The first-order chi connectivity index (χ1) is 15.0. The maximum absolute atomic E-state index is 13.5. The number of aryl methyl sites for hydroxylation is 1. The lowest BCUT2D eigenvalue weighted by molar-refractivity contribution is -0.124. The maximum Gasteiger partial charge on any atom is 0.257 e. The van der Waals surface area contributed by atoms with E-state index in [2.05, 4.69) is 17.5 Å². The number of para-hydroxylation sites is 1. The van der Waals surface area contributed by atoms with Crippen LogP contribution in [0.25, 0.3) is 0 Å². The van der Waals surface area contributed by atoms with E-state index in [0.717, 1.165) is 12.0 Å². The van der Waals surface area contributed by atoms with E-state index in [1.807, 2.05) is 13.0 Å². The molecule has 156 valence electrons. The largest absolute Gasteiger partial charge is 0.322 e. The summed E-state index contributed by atoms with van der Waals surface area (Å²) in [5.74, 6) is 0.0796. The van der Waals surface area contributed by atoms with E-state index in [-0.39, 0.29) is 41.4 Å². The maximum atomic E-state index is 13.5. The summed E-state index contributed by atoms with van der Waals surface area (Å²) in [6, 6.07) is 12.1. The molecule has 1 N–H and O–H groups in total. The van der Waals surface area contributed by atoms with Gasteiger partial charge in [0.25, 0.3) is 5.91 Å². The fraction of sp³-hybridized carbons (Fsp3) is 0.320. The number of hydrogen-bond acceptors (Lipinski definition) is 3. The summed E-state index contributed by atoms with van der Waals surface area (Å²) in [5, 5.41) is 3.40. The first-order valence-electron chi connectivity index (χ1n) is 10.7. The monoisotopic (exact) mass is 432 g/mol. The minimum absolute atomic E-state index is 0.150. The Labute approximate surface area is 185 Å². The average molecular weight is 433 g/mol. The van der Waals surface area contributed by atoms with Gasteiger partial charge in [0.1, 0.15) is 0 Å². The molecule has 0 unspecified atom stereocenters. The lowest BCUT2D eigenvalue weighted by atomic mass is 9.63. The molecule has 5 aliphatic rings. The lowest BCUT2D eigenvalue weighted by Gasteiger charge is -2.37. The number of allylic oxidation sites excluding steroid dienone is 2. The van der Waals surface area contributed by atoms with E-state index in [0.29, 0.717) is 33.8 Å². The van der Waals surface area contributed by atoms with Crippen LogP contribution in [0.4, 0.5) is 11.4 Å². The second-order valence-electron chi connectivity index (χ2n) is 9.10. The number of benzene rings is 2. The third kappa shape index (κ3) is 2.66. The molecule has 0 spiro atoms. The molecule has 5 nitrogen and oxygen atoms in total. The summed E-state index contributed by atoms with van der Waals surface area (Å²) in [7, 11) is 0. The Morgan fingerprint density at radius 3 is 2.32 bits per heavy atom. The van der Waals surface area contributed by atoms with Crippen molar-refractivity contribution in [2.75, 3.05) is 10.2 Å². The highest BCUT2D eigenvalue weighted by atomic mass is 35.5. The highest BCUT2D eigenvalue weighted by Crippen LogP contribution is 2.65. The molecule has 31 heavy (non-hydrogen) atoms. The molecule has 0 radical (unpaired) electrons. The Kier molecular flexibility index (Phi) is 3.97. The molecule has 1 aliphatic heterocycles. The molecule has 2 saturated carbocycles. The van der Waals surface area contributed by atoms with Gasteiger partial charge >= 0.3 is 0 Å². The van der Waals surface area contributed by atoms with Crippen LogP contribution in [0.5, 0.6) is 0 Å². The Balaban J connectivity index is 1.35. The predicted molar refractivity (Wildman–Crippen MR) is 118 cm³/mol. The molecule has 1 heterocycles. The van der Waals surface area contributed by atoms with Crippen molar-refractivity contribution in [3.63, 3.8) is 0 Å². The van der Waals surface area contributed by atoms with Gasteiger partial charge in [-0.25, -0.2) is 4.90 Å². The van der Waals surface area contributed by atoms with Crippen LogP contribution in [-0.4, -0.2) is 17.7 Å². The molecule has 3 amide bonds. The summed E-state index contributed by atoms with van der Waals surface area (Å²) in [6.45, 7) is 1.88. The number of rotatable bonds is 3. The summed E-state index contributed by atoms with van der Waals surface area (Å²) in [5.41, 5.74) is 2.13. The summed E-state index contributed by atoms with van der Waals surface area (Å²) in [4.78, 5) is 41.4. The minimum Gasteiger partial charge on any atom is -0.322 e. The number of carbonyl (C=O) groups excluding carboxylic acids is 3. The second-order valence-corrected chi connectivity index (χ2v) is 9.53. The topological polar surface area (TPSA) is 66.5 Å². The van der Waals surface area contributed by atoms with Crippen molar-refractivity contribution >= 4 is 40.7 Å². The van der Waals surface area contributed by atoms with Gasteiger partial charge in [-0.1, -0.05) is 42.0 Å². The van der Waals surface area contributed by atoms with Gasteiger partial charge in [0.15, 0.2) is 0 Å². The predicted octanol–water partition coefficient (Wildman–Crippen LogP) is 4.46. The Hall–Kier alpha value is -2.92. The van der Waals surface area contributed by atoms with Gasteiger partial charge in [0.2, 0.25) is 11.8 Å². The second kappa shape index (κ2) is 6.54. The summed E-state index contributed by atoms with van der Waals surface area (Å²) in [6.07, 6.45) is 5.41. The molecule has 2 aromatic rings. The zero-order valence-corrected chi connectivity index (χ0v) is 17.7. The zero-order valence-electron chi connectivity index (χ0n) is 16.9. The number of anilines is 2. The highest BCUT2D eigenvalue weighted by Gasteiger charge is 2.67. The number of halogens is 1. The van der Waals surface area contributed by atoms with Gasteiger partial charge in [-0.15, -0.1) is 0 Å². The Morgan fingerprint density at radius 1 is 1.00 bits per heavy atom. The third-order valence-electron chi connectivity index (χ3n) is 7.50. The zero-order chi connectivity index (χ0) is 21.4. The van der Waals surface area contributed by atoms with Crippen molar-refractivity contribution in [3.8, 4) is 0 Å². The smallest absolute Gasteiger partial charge is 0.257 e. The fourth-order valence-corrected chi connectivity index (χ4v) is 6.15. The summed E-state index contributed by atoms with van der Waals surface area (Å²) >= 11 is 6.08. The van der Waals surface area contributed by atoms with Crippen LogP contribution in [0.3, 0.4) is 0 Å². The van der Waals surface area contributed by atoms with Crippen molar-refractivity contribution in [1.29, 1.82) is 0 Å². The van der Waals surface area contributed by atoms with Gasteiger partial charge in [0, 0.05) is 10.7 Å². The Bertz CT molecular complexity index is 1150. The van der Waals surface area contributed by atoms with Gasteiger partial charge in [0.05, 0.1) is 23.1 Å². The van der Waals surface area contributed by atoms with E-state index >= 15 is 0 Å². The molecule has 4 aliphatic carbocycles. The van der Waals surface area contributed by atoms with E-state index in [1.165, 1.54) is 4.90 Å². The SMILES string of the molecule is Cc1ccc(Cl)cc1NC(=O)c1ccccc1N1C(=O)[C@H]2[C@@H]3C=C[C@@H]([C@H]4C[C@H]34)[C@@H]2C1=O. The Morgan fingerprint density at radius 2 is 1.65 bits per heavy atom. The van der Waals surface area contributed by atoms with Crippen LogP contribution in [0, 0.1) is 42.4 Å². The van der Waals surface area contributed by atoms with Crippen LogP contribution in [0.15, 0.2) is 54.6 Å². The van der Waals surface area contributed by atoms with Crippen LogP contribution in [-0.2, 0) is 9.59 Å². The van der Waals surface area contributed by atoms with E-state index in [4.69, 9.17) is 11.6 Å². The van der Waals surface area contributed by atoms with Gasteiger partial charge in [-0.3, -0.25) is 14.4 Å². The molecule has 6 heteroatoms. The van der Waals surface area contributed by atoms with Crippen LogP contribution in [0.1, 0.15) is 22.3 Å². The molecular weight excluding hydrogens is 412 g/mol. The number of hydrogen-bond donors (Lipinski definition) is 1. The normalized spacial score (nSPS) is 32.1. The number of imide groups is 1. The van der Waals surface area contributed by atoms with Crippen LogP contribution >= 0.6 is 11.6 Å². The average Bonchev–Trinajstić information content (AvgIpc) is 3.54. The molecule has 0 aromatic heterocycles. The highest BCUT2D eigenvalue weighted by molar-refractivity contribution is 6.31. The van der Waals surface area contributed by atoms with E-state index < -0.39 is 0 Å². The van der Waals surface area contributed by atoms with Crippen molar-refractivity contribution in [3.05, 3.63) is 70.8 Å². The van der Waals surface area contributed by atoms with Gasteiger partial charge in [-0.05, 0) is 66.8 Å². The molecule has 2 aromatic carbocycles. The van der Waals surface area contributed by atoms with Crippen LogP contribution < -0.4 is 10.2 Å². The number of nitrogens with one attached hydrogen (secondary N) is 1. The lowest BCUT2D eigenvalue weighted by Crippen LogP contribution is -2.40. The van der Waals surface area contributed by atoms with Gasteiger partial charge in [-0.2, -0.15) is 0 Å². The summed E-state index contributed by atoms with van der Waals surface area (Å²) < 4.78 is 0. The minimum atomic E-state index is -0.375. The molecular formula is C25H21ClN2O3. The molecule has 2 bridgehead atoms. The first kappa shape index (κ1) is 18.8. The van der Waals surface area contributed by atoms with Crippen molar-refractivity contribution in [2.45, 2.75) is 13.3 Å². The van der Waals surface area contributed by atoms with Crippen LogP contribution in [0.2, 0.25) is 5.02 Å². The quantitative estimate of drug-likeness (QED) is 0.575. The third-order valence-corrected chi connectivity index (χ3v) is 7.74. The van der Waals surface area contributed by atoms with Crippen molar-refractivity contribution < 1.29 is 14.4 Å². The van der Waals surface area contributed by atoms with E-state index in [9.17, 15) is 14.4 Å². The first-order valence-corrected chi connectivity index (χ1v) is 11.1.